The molecule has 1 rings (SSSR count). The Bertz CT molecular complexity index is 478. The minimum absolute atomic E-state index is 0.0894. The lowest BCUT2D eigenvalue weighted by molar-refractivity contribution is 0.443. The molecule has 0 saturated carbocycles. The molecule has 0 aliphatic heterocycles. The van der Waals surface area contributed by atoms with Crippen molar-refractivity contribution in [2.75, 3.05) is 25.0 Å². The van der Waals surface area contributed by atoms with Gasteiger partial charge in [-0.2, -0.15) is 5.26 Å². The summed E-state index contributed by atoms with van der Waals surface area (Å²) < 4.78 is 0. The lowest BCUT2D eigenvalue weighted by Gasteiger charge is -2.25. The van der Waals surface area contributed by atoms with Crippen LogP contribution in [0, 0.1) is 11.3 Å². The SMILES string of the molecule is C=C(CNC(C)(C)C)CN(C)c1ccccc1C#N. The van der Waals surface area contributed by atoms with Gasteiger partial charge >= 0.3 is 0 Å². The molecule has 0 saturated heterocycles. The molecular weight excluding hydrogens is 234 g/mol. The first-order chi connectivity index (χ1) is 8.83. The molecule has 0 radical (unpaired) electrons. The molecule has 0 atom stereocenters. The number of anilines is 1. The summed E-state index contributed by atoms with van der Waals surface area (Å²) in [5.74, 6) is 0. The summed E-state index contributed by atoms with van der Waals surface area (Å²) in [7, 11) is 1.98. The third-order valence-corrected chi connectivity index (χ3v) is 2.77. The molecule has 0 aromatic heterocycles. The van der Waals surface area contributed by atoms with E-state index in [0.717, 1.165) is 24.4 Å². The zero-order valence-corrected chi connectivity index (χ0v) is 12.3. The van der Waals surface area contributed by atoms with Gasteiger partial charge in [0.25, 0.3) is 0 Å². The summed E-state index contributed by atoms with van der Waals surface area (Å²) >= 11 is 0. The molecule has 0 aliphatic rings. The highest BCUT2D eigenvalue weighted by Crippen LogP contribution is 2.18. The third-order valence-electron chi connectivity index (χ3n) is 2.77. The van der Waals surface area contributed by atoms with Crippen LogP contribution < -0.4 is 10.2 Å². The van der Waals surface area contributed by atoms with E-state index in [9.17, 15) is 0 Å². The van der Waals surface area contributed by atoms with Gasteiger partial charge in [0.05, 0.1) is 11.3 Å². The van der Waals surface area contributed by atoms with Crippen LogP contribution in [0.4, 0.5) is 5.69 Å². The second-order valence-corrected chi connectivity index (χ2v) is 5.84. The molecule has 0 bridgehead atoms. The smallest absolute Gasteiger partial charge is 0.101 e. The van der Waals surface area contributed by atoms with E-state index in [0.29, 0.717) is 5.56 Å². The Balaban J connectivity index is 2.62. The minimum atomic E-state index is 0.0894. The van der Waals surface area contributed by atoms with Crippen LogP contribution in [-0.4, -0.2) is 25.7 Å². The van der Waals surface area contributed by atoms with Crippen molar-refractivity contribution in [3.8, 4) is 6.07 Å². The Hall–Kier alpha value is -1.79. The molecule has 19 heavy (non-hydrogen) atoms. The Morgan fingerprint density at radius 2 is 2.00 bits per heavy atom. The van der Waals surface area contributed by atoms with E-state index in [4.69, 9.17) is 5.26 Å². The van der Waals surface area contributed by atoms with E-state index >= 15 is 0 Å². The van der Waals surface area contributed by atoms with Gasteiger partial charge in [-0.05, 0) is 38.5 Å². The van der Waals surface area contributed by atoms with Gasteiger partial charge in [-0.25, -0.2) is 0 Å². The number of hydrogen-bond donors (Lipinski definition) is 1. The first kappa shape index (κ1) is 15.3. The first-order valence-corrected chi connectivity index (χ1v) is 6.45. The number of nitrogens with one attached hydrogen (secondary N) is 1. The summed E-state index contributed by atoms with van der Waals surface area (Å²) in [6.45, 7) is 12.0. The molecule has 0 fully saturated rings. The third kappa shape index (κ3) is 5.15. The molecule has 102 valence electrons. The maximum absolute atomic E-state index is 9.10. The first-order valence-electron chi connectivity index (χ1n) is 6.45. The van der Waals surface area contributed by atoms with Crippen molar-refractivity contribution in [3.05, 3.63) is 42.0 Å². The molecule has 0 spiro atoms. The quantitative estimate of drug-likeness (QED) is 0.824. The summed E-state index contributed by atoms with van der Waals surface area (Å²) in [5.41, 5.74) is 2.83. The lowest BCUT2D eigenvalue weighted by Crippen LogP contribution is -2.38. The summed E-state index contributed by atoms with van der Waals surface area (Å²) in [4.78, 5) is 2.06. The zero-order valence-electron chi connectivity index (χ0n) is 12.3. The van der Waals surface area contributed by atoms with Gasteiger partial charge < -0.3 is 10.2 Å². The van der Waals surface area contributed by atoms with E-state index in [1.807, 2.05) is 31.3 Å². The molecule has 0 unspecified atom stereocenters. The molecule has 0 heterocycles. The van der Waals surface area contributed by atoms with Crippen LogP contribution in [0.3, 0.4) is 0 Å². The van der Waals surface area contributed by atoms with Crippen LogP contribution >= 0.6 is 0 Å². The van der Waals surface area contributed by atoms with E-state index in [2.05, 4.69) is 43.6 Å². The second-order valence-electron chi connectivity index (χ2n) is 5.84. The van der Waals surface area contributed by atoms with Crippen molar-refractivity contribution in [1.29, 1.82) is 5.26 Å². The van der Waals surface area contributed by atoms with Gasteiger partial charge in [-0.1, -0.05) is 18.7 Å². The average Bonchev–Trinajstić information content (AvgIpc) is 2.35. The van der Waals surface area contributed by atoms with E-state index in [1.165, 1.54) is 0 Å². The summed E-state index contributed by atoms with van der Waals surface area (Å²) in [6.07, 6.45) is 0. The average molecular weight is 257 g/mol. The molecule has 1 aromatic rings. The summed E-state index contributed by atoms with van der Waals surface area (Å²) in [6, 6.07) is 9.84. The number of hydrogen-bond acceptors (Lipinski definition) is 3. The Kier molecular flexibility index (Phi) is 5.14. The molecule has 1 N–H and O–H groups in total. The summed E-state index contributed by atoms with van der Waals surface area (Å²) in [5, 5.41) is 12.5. The van der Waals surface area contributed by atoms with Crippen molar-refractivity contribution >= 4 is 5.69 Å². The topological polar surface area (TPSA) is 39.1 Å². The van der Waals surface area contributed by atoms with Crippen LogP contribution in [-0.2, 0) is 0 Å². The number of benzene rings is 1. The number of likely N-dealkylation sites (N-methyl/N-ethyl adjacent to an activating group) is 1. The highest BCUT2D eigenvalue weighted by Gasteiger charge is 2.11. The highest BCUT2D eigenvalue weighted by molar-refractivity contribution is 5.59. The van der Waals surface area contributed by atoms with E-state index in [-0.39, 0.29) is 5.54 Å². The van der Waals surface area contributed by atoms with Gasteiger partial charge in [-0.3, -0.25) is 0 Å². The maximum Gasteiger partial charge on any atom is 0.101 e. The number of nitriles is 1. The van der Waals surface area contributed by atoms with Crippen LogP contribution in [0.5, 0.6) is 0 Å². The van der Waals surface area contributed by atoms with Crippen LogP contribution in [0.15, 0.2) is 36.4 Å². The maximum atomic E-state index is 9.10. The molecule has 1 aromatic carbocycles. The zero-order chi connectivity index (χ0) is 14.5. The van der Waals surface area contributed by atoms with Gasteiger partial charge in [0.2, 0.25) is 0 Å². The van der Waals surface area contributed by atoms with Crippen LogP contribution in [0.1, 0.15) is 26.3 Å². The van der Waals surface area contributed by atoms with Crippen molar-refractivity contribution in [1.82, 2.24) is 5.32 Å². The number of nitrogens with zero attached hydrogens (tertiary/aromatic N) is 2. The lowest BCUT2D eigenvalue weighted by atomic mass is 10.1. The minimum Gasteiger partial charge on any atom is -0.369 e. The van der Waals surface area contributed by atoms with Gasteiger partial charge in [-0.15, -0.1) is 0 Å². The monoisotopic (exact) mass is 257 g/mol. The van der Waals surface area contributed by atoms with Gasteiger partial charge in [0, 0.05) is 25.7 Å². The van der Waals surface area contributed by atoms with Gasteiger partial charge in [0.15, 0.2) is 0 Å². The number of para-hydroxylation sites is 1. The van der Waals surface area contributed by atoms with Crippen molar-refractivity contribution in [3.63, 3.8) is 0 Å². The Labute approximate surface area is 116 Å². The molecule has 3 heteroatoms. The Morgan fingerprint density at radius 1 is 1.37 bits per heavy atom. The Morgan fingerprint density at radius 3 is 2.58 bits per heavy atom. The normalized spacial score (nSPS) is 10.9. The second kappa shape index (κ2) is 6.40. The predicted octanol–water partition coefficient (Wildman–Crippen LogP) is 2.94. The van der Waals surface area contributed by atoms with Crippen molar-refractivity contribution < 1.29 is 0 Å². The fourth-order valence-electron chi connectivity index (χ4n) is 1.77. The fourth-order valence-corrected chi connectivity index (χ4v) is 1.77. The predicted molar refractivity (Wildman–Crippen MR) is 81.3 cm³/mol. The van der Waals surface area contributed by atoms with Gasteiger partial charge in [0.1, 0.15) is 6.07 Å². The molecule has 0 aliphatic carbocycles. The van der Waals surface area contributed by atoms with Crippen LogP contribution in [0.25, 0.3) is 0 Å². The number of rotatable bonds is 5. The van der Waals surface area contributed by atoms with E-state index in [1.54, 1.807) is 0 Å². The molecule has 3 nitrogen and oxygen atoms in total. The highest BCUT2D eigenvalue weighted by atomic mass is 15.1. The standard InChI is InChI=1S/C16H23N3/c1-13(11-18-16(2,3)4)12-19(5)15-9-7-6-8-14(15)10-17/h6-9,18H,1,11-12H2,2-5H3. The largest absolute Gasteiger partial charge is 0.369 e. The molecular formula is C16H23N3. The van der Waals surface area contributed by atoms with E-state index < -0.39 is 0 Å². The fraction of sp³-hybridized carbons (Fsp3) is 0.438. The van der Waals surface area contributed by atoms with Crippen molar-refractivity contribution in [2.45, 2.75) is 26.3 Å². The molecule has 0 amide bonds. The van der Waals surface area contributed by atoms with Crippen LogP contribution in [0.2, 0.25) is 0 Å². The van der Waals surface area contributed by atoms with Crippen molar-refractivity contribution in [2.24, 2.45) is 0 Å².